The van der Waals surface area contributed by atoms with Gasteiger partial charge >= 0.3 is 0 Å². The van der Waals surface area contributed by atoms with Crippen LogP contribution < -0.4 is 10.2 Å². The zero-order valence-corrected chi connectivity index (χ0v) is 11.8. The summed E-state index contributed by atoms with van der Waals surface area (Å²) in [6.45, 7) is 5.26. The molecule has 0 aliphatic carbocycles. The van der Waals surface area contributed by atoms with Gasteiger partial charge < -0.3 is 9.64 Å². The number of nitrogens with zero attached hydrogens (tertiary/aromatic N) is 2. The first kappa shape index (κ1) is 14.5. The Morgan fingerprint density at radius 1 is 1.30 bits per heavy atom. The predicted molar refractivity (Wildman–Crippen MR) is 78.9 cm³/mol. The summed E-state index contributed by atoms with van der Waals surface area (Å²) in [4.78, 5) is 14.0. The lowest BCUT2D eigenvalue weighted by molar-refractivity contribution is -0.123. The third kappa shape index (κ3) is 4.66. The van der Waals surface area contributed by atoms with E-state index in [0.29, 0.717) is 5.75 Å². The molecule has 1 N–H and O–H groups in total. The number of carbonyl (C=O) groups excluding carboxylic acids is 1. The number of hydrazone groups is 1. The molecule has 1 aliphatic heterocycles. The summed E-state index contributed by atoms with van der Waals surface area (Å²) in [5.41, 5.74) is 3.62. The van der Waals surface area contributed by atoms with E-state index in [1.165, 1.54) is 0 Å². The molecule has 1 amide bonds. The Hall–Kier alpha value is -1.88. The standard InChI is InChI=1S/C15H21N3O2/c1-2-18-10-8-13(9-11-18)16-17-15(19)12-20-14-6-4-3-5-7-14/h3-7H,2,8-12H2,1H3,(H,17,19). The third-order valence-corrected chi connectivity index (χ3v) is 3.33. The maximum atomic E-state index is 11.6. The van der Waals surface area contributed by atoms with Gasteiger partial charge in [-0.05, 0) is 18.7 Å². The number of hydrogen-bond donors (Lipinski definition) is 1. The summed E-state index contributed by atoms with van der Waals surface area (Å²) in [6.07, 6.45) is 1.85. The lowest BCUT2D eigenvalue weighted by atomic mass is 10.1. The molecule has 5 nitrogen and oxygen atoms in total. The normalized spacial score (nSPS) is 15.8. The second kappa shape index (κ2) is 7.65. The lowest BCUT2D eigenvalue weighted by Crippen LogP contribution is -2.35. The Morgan fingerprint density at radius 2 is 2.00 bits per heavy atom. The second-order valence-corrected chi connectivity index (χ2v) is 4.75. The number of ether oxygens (including phenoxy) is 1. The van der Waals surface area contributed by atoms with Crippen LogP contribution in [0.1, 0.15) is 19.8 Å². The molecule has 1 aromatic rings. The van der Waals surface area contributed by atoms with E-state index in [9.17, 15) is 4.79 Å². The SMILES string of the molecule is CCN1CCC(=NNC(=O)COc2ccccc2)CC1. The average Bonchev–Trinajstić information content (AvgIpc) is 2.52. The maximum Gasteiger partial charge on any atom is 0.277 e. The summed E-state index contributed by atoms with van der Waals surface area (Å²) < 4.78 is 5.35. The van der Waals surface area contributed by atoms with Gasteiger partial charge in [0.2, 0.25) is 0 Å². The Kier molecular flexibility index (Phi) is 5.55. The van der Waals surface area contributed by atoms with E-state index in [1.54, 1.807) is 0 Å². The van der Waals surface area contributed by atoms with Gasteiger partial charge in [0.25, 0.3) is 5.91 Å². The summed E-state index contributed by atoms with van der Waals surface area (Å²) >= 11 is 0. The minimum atomic E-state index is -0.223. The molecule has 0 saturated carbocycles. The summed E-state index contributed by atoms with van der Waals surface area (Å²) in [5.74, 6) is 0.464. The van der Waals surface area contributed by atoms with Gasteiger partial charge in [0.15, 0.2) is 6.61 Å². The molecule has 0 aromatic heterocycles. The largest absolute Gasteiger partial charge is 0.484 e. The Morgan fingerprint density at radius 3 is 2.65 bits per heavy atom. The molecule has 1 aromatic carbocycles. The molecule has 108 valence electrons. The number of carbonyl (C=O) groups is 1. The van der Waals surface area contributed by atoms with Crippen molar-refractivity contribution in [1.29, 1.82) is 0 Å². The number of amides is 1. The highest BCUT2D eigenvalue weighted by molar-refractivity contribution is 5.87. The molecule has 1 saturated heterocycles. The first-order valence-electron chi connectivity index (χ1n) is 7.02. The van der Waals surface area contributed by atoms with E-state index in [0.717, 1.165) is 38.2 Å². The molecular weight excluding hydrogens is 254 g/mol. The molecule has 1 heterocycles. The van der Waals surface area contributed by atoms with Crippen molar-refractivity contribution < 1.29 is 9.53 Å². The van der Waals surface area contributed by atoms with Crippen LogP contribution >= 0.6 is 0 Å². The number of piperidine rings is 1. The van der Waals surface area contributed by atoms with Gasteiger partial charge in [-0.25, -0.2) is 5.43 Å². The van der Waals surface area contributed by atoms with Crippen molar-refractivity contribution in [2.45, 2.75) is 19.8 Å². The molecule has 5 heteroatoms. The van der Waals surface area contributed by atoms with E-state index < -0.39 is 0 Å². The fourth-order valence-corrected chi connectivity index (χ4v) is 2.08. The van der Waals surface area contributed by atoms with E-state index in [4.69, 9.17) is 4.74 Å². The van der Waals surface area contributed by atoms with E-state index in [2.05, 4.69) is 22.4 Å². The highest BCUT2D eigenvalue weighted by atomic mass is 16.5. The van der Waals surface area contributed by atoms with Crippen LogP contribution in [-0.4, -0.2) is 42.8 Å². The van der Waals surface area contributed by atoms with Crippen LogP contribution in [0.25, 0.3) is 0 Å². The number of hydrogen-bond acceptors (Lipinski definition) is 4. The highest BCUT2D eigenvalue weighted by Gasteiger charge is 2.13. The van der Waals surface area contributed by atoms with Gasteiger partial charge in [0.1, 0.15) is 5.75 Å². The van der Waals surface area contributed by atoms with Gasteiger partial charge in [-0.2, -0.15) is 5.10 Å². The quantitative estimate of drug-likeness (QED) is 0.831. The van der Waals surface area contributed by atoms with Crippen molar-refractivity contribution in [2.75, 3.05) is 26.2 Å². The smallest absolute Gasteiger partial charge is 0.277 e. The van der Waals surface area contributed by atoms with Gasteiger partial charge in [0.05, 0.1) is 0 Å². The molecule has 20 heavy (non-hydrogen) atoms. The Bertz CT molecular complexity index is 449. The van der Waals surface area contributed by atoms with Crippen molar-refractivity contribution >= 4 is 11.6 Å². The third-order valence-electron chi connectivity index (χ3n) is 3.33. The lowest BCUT2D eigenvalue weighted by Gasteiger charge is -2.25. The molecule has 1 fully saturated rings. The van der Waals surface area contributed by atoms with Crippen molar-refractivity contribution in [3.8, 4) is 5.75 Å². The summed E-state index contributed by atoms with van der Waals surface area (Å²) in [6, 6.07) is 9.28. The van der Waals surface area contributed by atoms with Crippen LogP contribution in [0.15, 0.2) is 35.4 Å². The summed E-state index contributed by atoms with van der Waals surface area (Å²) in [7, 11) is 0. The molecule has 1 aliphatic rings. The first-order valence-corrected chi connectivity index (χ1v) is 7.02. The van der Waals surface area contributed by atoms with Gasteiger partial charge in [0, 0.05) is 31.6 Å². The zero-order valence-electron chi connectivity index (χ0n) is 11.8. The monoisotopic (exact) mass is 275 g/mol. The zero-order chi connectivity index (χ0) is 14.2. The van der Waals surface area contributed by atoms with Crippen molar-refractivity contribution in [2.24, 2.45) is 5.10 Å². The molecule has 0 spiro atoms. The van der Waals surface area contributed by atoms with Crippen LogP contribution in [0.5, 0.6) is 5.75 Å². The van der Waals surface area contributed by atoms with Gasteiger partial charge in [-0.1, -0.05) is 25.1 Å². The molecular formula is C15H21N3O2. The topological polar surface area (TPSA) is 53.9 Å². The number of para-hydroxylation sites is 1. The maximum absolute atomic E-state index is 11.6. The molecule has 0 unspecified atom stereocenters. The van der Waals surface area contributed by atoms with Crippen molar-refractivity contribution in [1.82, 2.24) is 10.3 Å². The van der Waals surface area contributed by atoms with Crippen LogP contribution in [0.3, 0.4) is 0 Å². The van der Waals surface area contributed by atoms with Crippen LogP contribution in [-0.2, 0) is 4.79 Å². The molecule has 0 bridgehead atoms. The van der Waals surface area contributed by atoms with E-state index >= 15 is 0 Å². The number of benzene rings is 1. The minimum Gasteiger partial charge on any atom is -0.484 e. The van der Waals surface area contributed by atoms with Crippen molar-refractivity contribution in [3.63, 3.8) is 0 Å². The van der Waals surface area contributed by atoms with E-state index in [-0.39, 0.29) is 12.5 Å². The van der Waals surface area contributed by atoms with Gasteiger partial charge in [-0.3, -0.25) is 4.79 Å². The van der Waals surface area contributed by atoms with Crippen LogP contribution in [0.4, 0.5) is 0 Å². The Labute approximate surface area is 119 Å². The fourth-order valence-electron chi connectivity index (χ4n) is 2.08. The van der Waals surface area contributed by atoms with Crippen molar-refractivity contribution in [3.05, 3.63) is 30.3 Å². The van der Waals surface area contributed by atoms with Crippen LogP contribution in [0.2, 0.25) is 0 Å². The number of rotatable bonds is 5. The molecule has 2 rings (SSSR count). The summed E-state index contributed by atoms with van der Waals surface area (Å²) in [5, 5.41) is 4.17. The number of nitrogens with one attached hydrogen (secondary N) is 1. The number of likely N-dealkylation sites (tertiary alicyclic amines) is 1. The van der Waals surface area contributed by atoms with Gasteiger partial charge in [-0.15, -0.1) is 0 Å². The molecule has 0 radical (unpaired) electrons. The average molecular weight is 275 g/mol. The minimum absolute atomic E-state index is 0.0120. The highest BCUT2D eigenvalue weighted by Crippen LogP contribution is 2.08. The van der Waals surface area contributed by atoms with E-state index in [1.807, 2.05) is 30.3 Å². The second-order valence-electron chi connectivity index (χ2n) is 4.75. The fraction of sp³-hybridized carbons (Fsp3) is 0.467. The first-order chi connectivity index (χ1) is 9.78. The molecule has 0 atom stereocenters. The van der Waals surface area contributed by atoms with Crippen LogP contribution in [0, 0.1) is 0 Å². The predicted octanol–water partition coefficient (Wildman–Crippen LogP) is 1.65. The Balaban J connectivity index is 1.70.